The minimum atomic E-state index is -0.000910. The van der Waals surface area contributed by atoms with Gasteiger partial charge in [0, 0.05) is 17.1 Å². The van der Waals surface area contributed by atoms with E-state index in [2.05, 4.69) is 12.2 Å². The van der Waals surface area contributed by atoms with Crippen molar-refractivity contribution in [1.29, 1.82) is 0 Å². The van der Waals surface area contributed by atoms with Gasteiger partial charge in [0.25, 0.3) is 0 Å². The number of amides is 1. The highest BCUT2D eigenvalue weighted by molar-refractivity contribution is 6.30. The average Bonchev–Trinajstić information content (AvgIpc) is 2.29. The van der Waals surface area contributed by atoms with Crippen molar-refractivity contribution in [3.05, 3.63) is 28.8 Å². The summed E-state index contributed by atoms with van der Waals surface area (Å²) in [6.07, 6.45) is 2.37. The minimum Gasteiger partial charge on any atom is -0.496 e. The predicted octanol–water partition coefficient (Wildman–Crippen LogP) is 2.81. The number of benzene rings is 1. The summed E-state index contributed by atoms with van der Waals surface area (Å²) in [5.74, 6) is 0.694. The number of rotatable bonds is 6. The van der Waals surface area contributed by atoms with Gasteiger partial charge in [-0.25, -0.2) is 0 Å². The number of carbonyl (C=O) groups excluding carboxylic acids is 1. The first-order valence-electron chi connectivity index (χ1n) is 5.76. The van der Waals surface area contributed by atoms with E-state index in [1.54, 1.807) is 25.3 Å². The number of carbonyl (C=O) groups is 1. The highest BCUT2D eigenvalue weighted by Gasteiger charge is 2.08. The van der Waals surface area contributed by atoms with E-state index < -0.39 is 0 Å². The second-order valence-electron chi connectivity index (χ2n) is 3.84. The van der Waals surface area contributed by atoms with Gasteiger partial charge in [-0.2, -0.15) is 0 Å². The van der Waals surface area contributed by atoms with Crippen LogP contribution in [0, 0.1) is 0 Å². The van der Waals surface area contributed by atoms with Crippen LogP contribution in [0.4, 0.5) is 0 Å². The van der Waals surface area contributed by atoms with Gasteiger partial charge in [-0.1, -0.05) is 24.9 Å². The van der Waals surface area contributed by atoms with Crippen molar-refractivity contribution in [2.45, 2.75) is 26.2 Å². The Kier molecular flexibility index (Phi) is 5.84. The number of methoxy groups -OCH3 is 1. The lowest BCUT2D eigenvalue weighted by Gasteiger charge is -2.09. The van der Waals surface area contributed by atoms with E-state index in [-0.39, 0.29) is 5.91 Å². The first-order valence-corrected chi connectivity index (χ1v) is 6.14. The lowest BCUT2D eigenvalue weighted by atomic mass is 10.1. The fourth-order valence-electron chi connectivity index (χ4n) is 1.53. The average molecular weight is 256 g/mol. The Morgan fingerprint density at radius 2 is 2.24 bits per heavy atom. The van der Waals surface area contributed by atoms with E-state index in [1.165, 1.54) is 0 Å². The molecule has 1 rings (SSSR count). The summed E-state index contributed by atoms with van der Waals surface area (Å²) in [4.78, 5) is 11.7. The third-order valence-electron chi connectivity index (χ3n) is 2.45. The topological polar surface area (TPSA) is 38.3 Å². The van der Waals surface area contributed by atoms with Gasteiger partial charge < -0.3 is 10.1 Å². The van der Waals surface area contributed by atoms with Crippen LogP contribution in [0.5, 0.6) is 5.75 Å². The number of hydrogen-bond acceptors (Lipinski definition) is 2. The SMILES string of the molecule is CCCCNC(=O)Cc1cc(Cl)ccc1OC. The fraction of sp³-hybridized carbons (Fsp3) is 0.462. The van der Waals surface area contributed by atoms with Crippen LogP contribution in [0.1, 0.15) is 25.3 Å². The molecule has 0 bridgehead atoms. The Balaban J connectivity index is 2.60. The Morgan fingerprint density at radius 1 is 1.47 bits per heavy atom. The molecule has 0 saturated carbocycles. The Labute approximate surface area is 107 Å². The van der Waals surface area contributed by atoms with Crippen molar-refractivity contribution in [3.63, 3.8) is 0 Å². The van der Waals surface area contributed by atoms with Crippen molar-refractivity contribution in [1.82, 2.24) is 5.32 Å². The van der Waals surface area contributed by atoms with Crippen molar-refractivity contribution >= 4 is 17.5 Å². The van der Waals surface area contributed by atoms with Gasteiger partial charge in [-0.15, -0.1) is 0 Å². The largest absolute Gasteiger partial charge is 0.496 e. The van der Waals surface area contributed by atoms with Gasteiger partial charge in [0.05, 0.1) is 13.5 Å². The number of nitrogens with one attached hydrogen (secondary N) is 1. The second-order valence-corrected chi connectivity index (χ2v) is 4.27. The number of ether oxygens (including phenoxy) is 1. The summed E-state index contributed by atoms with van der Waals surface area (Å²) in [6.45, 7) is 2.81. The molecule has 3 nitrogen and oxygen atoms in total. The highest BCUT2D eigenvalue weighted by Crippen LogP contribution is 2.22. The molecule has 0 heterocycles. The van der Waals surface area contributed by atoms with Gasteiger partial charge >= 0.3 is 0 Å². The fourth-order valence-corrected chi connectivity index (χ4v) is 1.72. The van der Waals surface area contributed by atoms with Crippen molar-refractivity contribution in [2.24, 2.45) is 0 Å². The first kappa shape index (κ1) is 13.8. The molecule has 17 heavy (non-hydrogen) atoms. The maximum atomic E-state index is 11.7. The Morgan fingerprint density at radius 3 is 2.88 bits per heavy atom. The molecule has 4 heteroatoms. The second kappa shape index (κ2) is 7.17. The summed E-state index contributed by atoms with van der Waals surface area (Å²) in [6, 6.07) is 5.29. The lowest BCUT2D eigenvalue weighted by molar-refractivity contribution is -0.120. The zero-order chi connectivity index (χ0) is 12.7. The molecular weight excluding hydrogens is 238 g/mol. The van der Waals surface area contributed by atoms with Crippen LogP contribution in [-0.4, -0.2) is 19.6 Å². The third-order valence-corrected chi connectivity index (χ3v) is 2.68. The van der Waals surface area contributed by atoms with Crippen LogP contribution in [0.2, 0.25) is 5.02 Å². The Hall–Kier alpha value is -1.22. The standard InChI is InChI=1S/C13H18ClNO2/c1-3-4-7-15-13(16)9-10-8-11(14)5-6-12(10)17-2/h5-6,8H,3-4,7,9H2,1-2H3,(H,15,16). The van der Waals surface area contributed by atoms with Gasteiger partial charge in [0.2, 0.25) is 5.91 Å². The molecule has 1 amide bonds. The summed E-state index contributed by atoms with van der Waals surface area (Å²) >= 11 is 5.90. The Bertz CT molecular complexity index is 380. The van der Waals surface area contributed by atoms with Gasteiger partial charge in [0.15, 0.2) is 0 Å². The lowest BCUT2D eigenvalue weighted by Crippen LogP contribution is -2.26. The molecule has 1 aromatic rings. The van der Waals surface area contributed by atoms with E-state index in [4.69, 9.17) is 16.3 Å². The zero-order valence-electron chi connectivity index (χ0n) is 10.3. The molecule has 0 aromatic heterocycles. The molecule has 0 saturated heterocycles. The summed E-state index contributed by atoms with van der Waals surface area (Å²) in [5, 5.41) is 3.48. The monoisotopic (exact) mass is 255 g/mol. The van der Waals surface area contributed by atoms with Gasteiger partial charge in [-0.05, 0) is 24.6 Å². The van der Waals surface area contributed by atoms with E-state index in [0.29, 0.717) is 17.2 Å². The quantitative estimate of drug-likeness (QED) is 0.794. The molecule has 0 radical (unpaired) electrons. The molecule has 0 unspecified atom stereocenters. The molecule has 1 N–H and O–H groups in total. The van der Waals surface area contributed by atoms with E-state index in [1.807, 2.05) is 0 Å². The molecular formula is C13H18ClNO2. The minimum absolute atomic E-state index is 0.000910. The first-order chi connectivity index (χ1) is 8.17. The highest BCUT2D eigenvalue weighted by atomic mass is 35.5. The van der Waals surface area contributed by atoms with E-state index in [0.717, 1.165) is 24.9 Å². The maximum absolute atomic E-state index is 11.7. The predicted molar refractivity (Wildman–Crippen MR) is 69.6 cm³/mol. The molecule has 0 atom stereocenters. The maximum Gasteiger partial charge on any atom is 0.224 e. The molecule has 1 aromatic carbocycles. The molecule has 0 aliphatic heterocycles. The summed E-state index contributed by atoms with van der Waals surface area (Å²) in [5.41, 5.74) is 0.814. The third kappa shape index (κ3) is 4.65. The molecule has 0 spiro atoms. The van der Waals surface area contributed by atoms with Crippen LogP contribution in [-0.2, 0) is 11.2 Å². The van der Waals surface area contributed by atoms with Crippen molar-refractivity contribution < 1.29 is 9.53 Å². The smallest absolute Gasteiger partial charge is 0.224 e. The number of unbranched alkanes of at least 4 members (excludes halogenated alkanes) is 1. The van der Waals surface area contributed by atoms with E-state index >= 15 is 0 Å². The molecule has 0 aliphatic carbocycles. The van der Waals surface area contributed by atoms with Crippen molar-refractivity contribution in [3.8, 4) is 5.75 Å². The summed E-state index contributed by atoms with van der Waals surface area (Å²) < 4.78 is 5.19. The molecule has 94 valence electrons. The molecule has 0 fully saturated rings. The van der Waals surface area contributed by atoms with Crippen LogP contribution >= 0.6 is 11.6 Å². The van der Waals surface area contributed by atoms with E-state index in [9.17, 15) is 4.79 Å². The van der Waals surface area contributed by atoms with Crippen LogP contribution in [0.3, 0.4) is 0 Å². The van der Waals surface area contributed by atoms with Crippen LogP contribution < -0.4 is 10.1 Å². The summed E-state index contributed by atoms with van der Waals surface area (Å²) in [7, 11) is 1.59. The normalized spacial score (nSPS) is 10.1. The van der Waals surface area contributed by atoms with Gasteiger partial charge in [-0.3, -0.25) is 4.79 Å². The van der Waals surface area contributed by atoms with Crippen LogP contribution in [0.25, 0.3) is 0 Å². The van der Waals surface area contributed by atoms with Gasteiger partial charge in [0.1, 0.15) is 5.75 Å². The van der Waals surface area contributed by atoms with Crippen LogP contribution in [0.15, 0.2) is 18.2 Å². The molecule has 0 aliphatic rings. The number of hydrogen-bond donors (Lipinski definition) is 1. The number of halogens is 1. The van der Waals surface area contributed by atoms with Crippen molar-refractivity contribution in [2.75, 3.05) is 13.7 Å². The zero-order valence-corrected chi connectivity index (χ0v) is 11.0.